The van der Waals surface area contributed by atoms with Crippen molar-refractivity contribution in [3.63, 3.8) is 0 Å². The van der Waals surface area contributed by atoms with Crippen LogP contribution in [0, 0.1) is 0 Å². The number of aryl methyl sites for hydroxylation is 1. The first-order chi connectivity index (χ1) is 8.90. The molecule has 0 spiro atoms. The third kappa shape index (κ3) is 3.65. The maximum Gasteiger partial charge on any atom is 0.0958 e. The number of hydrogen-bond acceptors (Lipinski definition) is 4. The van der Waals surface area contributed by atoms with Gasteiger partial charge in [-0.1, -0.05) is 27.7 Å². The summed E-state index contributed by atoms with van der Waals surface area (Å²) in [4.78, 5) is 7.01. The van der Waals surface area contributed by atoms with Crippen LogP contribution in [0.4, 0.5) is 0 Å². The van der Waals surface area contributed by atoms with E-state index in [9.17, 15) is 5.11 Å². The van der Waals surface area contributed by atoms with Gasteiger partial charge in [-0.3, -0.25) is 0 Å². The number of aliphatic hydroxyl groups excluding tert-OH is 1. The van der Waals surface area contributed by atoms with E-state index < -0.39 is 6.10 Å². The molecule has 1 N–H and O–H groups in total. The van der Waals surface area contributed by atoms with Crippen LogP contribution in [0.1, 0.15) is 54.3 Å². The van der Waals surface area contributed by atoms with Gasteiger partial charge in [-0.25, -0.2) is 4.98 Å². The fraction of sp³-hybridized carbons (Fsp3) is 0.533. The monoisotopic (exact) mass is 295 g/mol. The predicted molar refractivity (Wildman–Crippen MR) is 83.2 cm³/mol. The minimum atomic E-state index is -0.427. The summed E-state index contributed by atoms with van der Waals surface area (Å²) in [6, 6.07) is 4.14. The van der Waals surface area contributed by atoms with E-state index in [1.807, 2.05) is 6.07 Å². The van der Waals surface area contributed by atoms with Crippen molar-refractivity contribution < 1.29 is 5.11 Å². The molecule has 0 amide bonds. The molecule has 2 nitrogen and oxygen atoms in total. The molecular weight excluding hydrogens is 274 g/mol. The summed E-state index contributed by atoms with van der Waals surface area (Å²) in [6.07, 6.45) is 1.22. The third-order valence-corrected chi connectivity index (χ3v) is 5.25. The highest BCUT2D eigenvalue weighted by Crippen LogP contribution is 2.29. The molecule has 0 aliphatic rings. The molecule has 1 atom stereocenters. The lowest BCUT2D eigenvalue weighted by molar-refractivity contribution is 0.182. The van der Waals surface area contributed by atoms with Crippen LogP contribution in [-0.4, -0.2) is 10.1 Å². The summed E-state index contributed by atoms with van der Waals surface area (Å²) >= 11 is 3.34. The van der Waals surface area contributed by atoms with Crippen molar-refractivity contribution in [2.24, 2.45) is 0 Å². The Morgan fingerprint density at radius 3 is 2.58 bits per heavy atom. The van der Waals surface area contributed by atoms with Gasteiger partial charge in [0.05, 0.1) is 16.8 Å². The van der Waals surface area contributed by atoms with Crippen molar-refractivity contribution in [1.82, 2.24) is 4.98 Å². The minimum absolute atomic E-state index is 0.0814. The van der Waals surface area contributed by atoms with E-state index in [2.05, 4.69) is 44.1 Å². The maximum absolute atomic E-state index is 10.3. The van der Waals surface area contributed by atoms with E-state index in [4.69, 9.17) is 0 Å². The van der Waals surface area contributed by atoms with E-state index in [1.54, 1.807) is 22.7 Å². The Balaban J connectivity index is 2.06. The largest absolute Gasteiger partial charge is 0.387 e. The SMILES string of the molecule is CCc1ccc(C(O)Cc2nc(C(C)(C)C)cs2)s1. The van der Waals surface area contributed by atoms with Gasteiger partial charge in [0.25, 0.3) is 0 Å². The summed E-state index contributed by atoms with van der Waals surface area (Å²) in [5, 5.41) is 13.4. The quantitative estimate of drug-likeness (QED) is 0.910. The normalized spacial score (nSPS) is 13.7. The van der Waals surface area contributed by atoms with Gasteiger partial charge in [-0.15, -0.1) is 22.7 Å². The van der Waals surface area contributed by atoms with Crippen molar-refractivity contribution in [2.45, 2.75) is 52.1 Å². The average molecular weight is 295 g/mol. The fourth-order valence-corrected chi connectivity index (χ4v) is 3.78. The van der Waals surface area contributed by atoms with E-state index >= 15 is 0 Å². The Hall–Kier alpha value is -0.710. The van der Waals surface area contributed by atoms with Crippen molar-refractivity contribution in [1.29, 1.82) is 0 Å². The molecular formula is C15H21NOS2. The van der Waals surface area contributed by atoms with Crippen LogP contribution in [0.3, 0.4) is 0 Å². The second kappa shape index (κ2) is 5.73. The van der Waals surface area contributed by atoms with E-state index in [0.29, 0.717) is 6.42 Å². The van der Waals surface area contributed by atoms with Gasteiger partial charge in [0.1, 0.15) is 0 Å². The second-order valence-electron chi connectivity index (χ2n) is 5.75. The minimum Gasteiger partial charge on any atom is -0.387 e. The zero-order chi connectivity index (χ0) is 14.0. The Bertz CT molecular complexity index is 536. The smallest absolute Gasteiger partial charge is 0.0958 e. The van der Waals surface area contributed by atoms with E-state index in [0.717, 1.165) is 22.0 Å². The van der Waals surface area contributed by atoms with Gasteiger partial charge < -0.3 is 5.11 Å². The zero-order valence-corrected chi connectivity index (χ0v) is 13.6. The third-order valence-electron chi connectivity index (χ3n) is 3.05. The molecule has 19 heavy (non-hydrogen) atoms. The first kappa shape index (κ1) is 14.7. The molecule has 2 rings (SSSR count). The molecule has 0 bridgehead atoms. The van der Waals surface area contributed by atoms with Crippen molar-refractivity contribution in [3.8, 4) is 0 Å². The fourth-order valence-electron chi connectivity index (χ4n) is 1.78. The predicted octanol–water partition coefficient (Wildman–Crippen LogP) is 4.34. The van der Waals surface area contributed by atoms with Gasteiger partial charge in [0.15, 0.2) is 0 Å². The second-order valence-corrected chi connectivity index (χ2v) is 7.90. The van der Waals surface area contributed by atoms with Crippen LogP contribution in [0.5, 0.6) is 0 Å². The molecule has 2 heterocycles. The Kier molecular flexibility index (Phi) is 4.43. The van der Waals surface area contributed by atoms with Crippen LogP contribution in [0.25, 0.3) is 0 Å². The molecule has 0 saturated heterocycles. The number of thiazole rings is 1. The Morgan fingerprint density at radius 2 is 2.05 bits per heavy atom. The van der Waals surface area contributed by atoms with E-state index in [-0.39, 0.29) is 5.41 Å². The molecule has 0 saturated carbocycles. The number of thiophene rings is 1. The standard InChI is InChI=1S/C15H21NOS2/c1-5-10-6-7-12(19-10)11(17)8-14-16-13(9-18-14)15(2,3)4/h6-7,9,11,17H,5,8H2,1-4H3. The number of hydrogen-bond donors (Lipinski definition) is 1. The average Bonchev–Trinajstić information content (AvgIpc) is 2.95. The number of aliphatic hydroxyl groups is 1. The molecule has 2 aromatic heterocycles. The number of nitrogens with zero attached hydrogens (tertiary/aromatic N) is 1. The van der Waals surface area contributed by atoms with Gasteiger partial charge in [-0.05, 0) is 18.6 Å². The van der Waals surface area contributed by atoms with Gasteiger partial charge >= 0.3 is 0 Å². The van der Waals surface area contributed by atoms with Crippen molar-refractivity contribution in [3.05, 3.63) is 38.0 Å². The first-order valence-electron chi connectivity index (χ1n) is 6.61. The molecule has 0 radical (unpaired) electrons. The van der Waals surface area contributed by atoms with Crippen LogP contribution >= 0.6 is 22.7 Å². The number of rotatable bonds is 4. The summed E-state index contributed by atoms with van der Waals surface area (Å²) in [6.45, 7) is 8.62. The van der Waals surface area contributed by atoms with Gasteiger partial charge in [0, 0.05) is 27.0 Å². The Morgan fingerprint density at radius 1 is 1.32 bits per heavy atom. The van der Waals surface area contributed by atoms with Crippen molar-refractivity contribution >= 4 is 22.7 Å². The molecule has 0 aromatic carbocycles. The van der Waals surface area contributed by atoms with Crippen LogP contribution in [0.15, 0.2) is 17.5 Å². The lowest BCUT2D eigenvalue weighted by Gasteiger charge is -2.14. The van der Waals surface area contributed by atoms with Crippen LogP contribution in [0.2, 0.25) is 0 Å². The summed E-state index contributed by atoms with van der Waals surface area (Å²) in [7, 11) is 0. The zero-order valence-electron chi connectivity index (χ0n) is 11.9. The van der Waals surface area contributed by atoms with Crippen molar-refractivity contribution in [2.75, 3.05) is 0 Å². The molecule has 2 aromatic rings. The number of aromatic nitrogens is 1. The summed E-state index contributed by atoms with van der Waals surface area (Å²) in [5.41, 5.74) is 1.19. The molecule has 1 unspecified atom stereocenters. The molecule has 0 fully saturated rings. The van der Waals surface area contributed by atoms with Gasteiger partial charge in [-0.2, -0.15) is 0 Å². The highest BCUT2D eigenvalue weighted by atomic mass is 32.1. The summed E-state index contributed by atoms with van der Waals surface area (Å²) < 4.78 is 0. The Labute approximate surface area is 123 Å². The lowest BCUT2D eigenvalue weighted by Crippen LogP contribution is -2.11. The van der Waals surface area contributed by atoms with Gasteiger partial charge in [0.2, 0.25) is 0 Å². The summed E-state index contributed by atoms with van der Waals surface area (Å²) in [5.74, 6) is 0. The molecule has 4 heteroatoms. The first-order valence-corrected chi connectivity index (χ1v) is 8.31. The molecule has 0 aliphatic carbocycles. The highest BCUT2D eigenvalue weighted by Gasteiger charge is 2.19. The highest BCUT2D eigenvalue weighted by molar-refractivity contribution is 7.12. The van der Waals surface area contributed by atoms with Crippen LogP contribution < -0.4 is 0 Å². The van der Waals surface area contributed by atoms with E-state index in [1.165, 1.54) is 4.88 Å². The molecule has 104 valence electrons. The topological polar surface area (TPSA) is 33.1 Å². The maximum atomic E-state index is 10.3. The van der Waals surface area contributed by atoms with Crippen LogP contribution in [-0.2, 0) is 18.3 Å². The molecule has 0 aliphatic heterocycles. The lowest BCUT2D eigenvalue weighted by atomic mass is 9.93.